The van der Waals surface area contributed by atoms with Crippen molar-refractivity contribution in [1.82, 2.24) is 4.90 Å². The summed E-state index contributed by atoms with van der Waals surface area (Å²) < 4.78 is 0. The second-order valence-electron chi connectivity index (χ2n) is 5.35. The van der Waals surface area contributed by atoms with E-state index in [4.69, 9.17) is 0 Å². The molecule has 0 aliphatic carbocycles. The molecule has 0 spiro atoms. The summed E-state index contributed by atoms with van der Waals surface area (Å²) in [5, 5.41) is 5.97. The van der Waals surface area contributed by atoms with Gasteiger partial charge < -0.3 is 15.5 Å². The standard InChI is InChI=1S/C18H23N3O/c1-19-16-8-10-17(11-9-16)20-18(22)12-13-21(2)14-15-6-4-3-5-7-15/h3-11,19H,12-14H2,1-2H3,(H,20,22). The van der Waals surface area contributed by atoms with Crippen molar-refractivity contribution in [1.29, 1.82) is 0 Å². The Morgan fingerprint density at radius 2 is 1.64 bits per heavy atom. The molecule has 2 aromatic carbocycles. The van der Waals surface area contributed by atoms with Crippen LogP contribution in [0.3, 0.4) is 0 Å². The quantitative estimate of drug-likeness (QED) is 0.825. The maximum absolute atomic E-state index is 12.0. The Morgan fingerprint density at radius 1 is 1.00 bits per heavy atom. The van der Waals surface area contributed by atoms with Crippen LogP contribution in [-0.4, -0.2) is 31.4 Å². The first kappa shape index (κ1) is 16.0. The van der Waals surface area contributed by atoms with Gasteiger partial charge in [-0.05, 0) is 36.9 Å². The van der Waals surface area contributed by atoms with Crippen LogP contribution in [0.2, 0.25) is 0 Å². The summed E-state index contributed by atoms with van der Waals surface area (Å²) in [7, 11) is 3.90. The summed E-state index contributed by atoms with van der Waals surface area (Å²) in [6.45, 7) is 1.58. The highest BCUT2D eigenvalue weighted by Crippen LogP contribution is 2.13. The maximum Gasteiger partial charge on any atom is 0.225 e. The largest absolute Gasteiger partial charge is 0.388 e. The zero-order valence-electron chi connectivity index (χ0n) is 13.2. The van der Waals surface area contributed by atoms with Crippen LogP contribution in [0.25, 0.3) is 0 Å². The van der Waals surface area contributed by atoms with Gasteiger partial charge in [-0.3, -0.25) is 4.79 Å². The number of nitrogens with zero attached hydrogens (tertiary/aromatic N) is 1. The van der Waals surface area contributed by atoms with Gasteiger partial charge in [-0.1, -0.05) is 30.3 Å². The first-order valence-corrected chi connectivity index (χ1v) is 7.47. The van der Waals surface area contributed by atoms with E-state index < -0.39 is 0 Å². The number of rotatable bonds is 7. The number of carbonyl (C=O) groups is 1. The predicted molar refractivity (Wildman–Crippen MR) is 92.0 cm³/mol. The van der Waals surface area contributed by atoms with Gasteiger partial charge in [0.1, 0.15) is 0 Å². The third kappa shape index (κ3) is 5.22. The van der Waals surface area contributed by atoms with E-state index in [-0.39, 0.29) is 5.91 Å². The molecule has 0 saturated carbocycles. The molecule has 0 atom stereocenters. The third-order valence-corrected chi connectivity index (χ3v) is 3.47. The normalized spacial score (nSPS) is 10.5. The molecule has 0 heterocycles. The Bertz CT molecular complexity index is 581. The molecule has 0 fully saturated rings. The second kappa shape index (κ2) is 8.20. The van der Waals surface area contributed by atoms with Gasteiger partial charge in [0.2, 0.25) is 5.91 Å². The fraction of sp³-hybridized carbons (Fsp3) is 0.278. The number of anilines is 2. The number of nitrogens with one attached hydrogen (secondary N) is 2. The zero-order chi connectivity index (χ0) is 15.8. The maximum atomic E-state index is 12.0. The molecule has 116 valence electrons. The monoisotopic (exact) mass is 297 g/mol. The second-order valence-corrected chi connectivity index (χ2v) is 5.35. The van der Waals surface area contributed by atoms with Crippen LogP contribution in [0.5, 0.6) is 0 Å². The van der Waals surface area contributed by atoms with E-state index >= 15 is 0 Å². The van der Waals surface area contributed by atoms with Gasteiger partial charge in [0.15, 0.2) is 0 Å². The van der Waals surface area contributed by atoms with Gasteiger partial charge in [-0.25, -0.2) is 0 Å². The number of hydrogen-bond acceptors (Lipinski definition) is 3. The van der Waals surface area contributed by atoms with Crippen LogP contribution < -0.4 is 10.6 Å². The Hall–Kier alpha value is -2.33. The van der Waals surface area contributed by atoms with Crippen LogP contribution in [0.1, 0.15) is 12.0 Å². The lowest BCUT2D eigenvalue weighted by molar-refractivity contribution is -0.116. The summed E-state index contributed by atoms with van der Waals surface area (Å²) in [6, 6.07) is 18.0. The summed E-state index contributed by atoms with van der Waals surface area (Å²) in [5.41, 5.74) is 3.11. The van der Waals surface area contributed by atoms with Gasteiger partial charge in [0.05, 0.1) is 0 Å². The molecule has 0 unspecified atom stereocenters. The van der Waals surface area contributed by atoms with Crippen LogP contribution in [0.4, 0.5) is 11.4 Å². The van der Waals surface area contributed by atoms with E-state index in [2.05, 4.69) is 27.7 Å². The van der Waals surface area contributed by atoms with E-state index in [0.717, 1.165) is 24.5 Å². The minimum absolute atomic E-state index is 0.0390. The van der Waals surface area contributed by atoms with Crippen molar-refractivity contribution in [3.05, 3.63) is 60.2 Å². The highest BCUT2D eigenvalue weighted by Gasteiger charge is 2.06. The van der Waals surface area contributed by atoms with Crippen molar-refractivity contribution in [2.24, 2.45) is 0 Å². The van der Waals surface area contributed by atoms with Crippen LogP contribution in [-0.2, 0) is 11.3 Å². The lowest BCUT2D eigenvalue weighted by atomic mass is 10.2. The SMILES string of the molecule is CNc1ccc(NC(=O)CCN(C)Cc2ccccc2)cc1. The van der Waals surface area contributed by atoms with Crippen LogP contribution >= 0.6 is 0 Å². The number of benzene rings is 2. The molecule has 0 radical (unpaired) electrons. The molecule has 2 N–H and O–H groups in total. The molecule has 0 aliphatic heterocycles. The summed E-state index contributed by atoms with van der Waals surface area (Å²) in [5.74, 6) is 0.0390. The summed E-state index contributed by atoms with van der Waals surface area (Å²) in [4.78, 5) is 14.1. The molecule has 0 bridgehead atoms. The van der Waals surface area contributed by atoms with E-state index in [1.54, 1.807) is 0 Å². The lowest BCUT2D eigenvalue weighted by Gasteiger charge is -2.16. The fourth-order valence-electron chi connectivity index (χ4n) is 2.21. The van der Waals surface area contributed by atoms with Crippen LogP contribution in [0.15, 0.2) is 54.6 Å². The average Bonchev–Trinajstić information content (AvgIpc) is 2.55. The van der Waals surface area contributed by atoms with Crippen molar-refractivity contribution < 1.29 is 4.79 Å². The smallest absolute Gasteiger partial charge is 0.225 e. The van der Waals surface area contributed by atoms with E-state index in [0.29, 0.717) is 6.42 Å². The predicted octanol–water partition coefficient (Wildman–Crippen LogP) is 3.19. The van der Waals surface area contributed by atoms with Crippen molar-refractivity contribution in [2.45, 2.75) is 13.0 Å². The molecule has 0 aliphatic rings. The lowest BCUT2D eigenvalue weighted by Crippen LogP contribution is -2.24. The van der Waals surface area contributed by atoms with E-state index in [1.165, 1.54) is 5.56 Å². The average molecular weight is 297 g/mol. The number of carbonyl (C=O) groups excluding carboxylic acids is 1. The molecule has 22 heavy (non-hydrogen) atoms. The van der Waals surface area contributed by atoms with Gasteiger partial charge in [-0.2, -0.15) is 0 Å². The molecule has 1 amide bonds. The minimum Gasteiger partial charge on any atom is -0.388 e. The van der Waals surface area contributed by atoms with E-state index in [1.807, 2.05) is 56.6 Å². The zero-order valence-corrected chi connectivity index (χ0v) is 13.2. The molecular weight excluding hydrogens is 274 g/mol. The summed E-state index contributed by atoms with van der Waals surface area (Å²) in [6.07, 6.45) is 0.483. The highest BCUT2D eigenvalue weighted by atomic mass is 16.1. The summed E-state index contributed by atoms with van der Waals surface area (Å²) >= 11 is 0. The van der Waals surface area contributed by atoms with Gasteiger partial charge in [-0.15, -0.1) is 0 Å². The molecule has 4 nitrogen and oxygen atoms in total. The third-order valence-electron chi connectivity index (χ3n) is 3.47. The Kier molecular flexibility index (Phi) is 5.98. The molecular formula is C18H23N3O. The number of amides is 1. The Morgan fingerprint density at radius 3 is 2.27 bits per heavy atom. The molecule has 2 aromatic rings. The van der Waals surface area contributed by atoms with Crippen molar-refractivity contribution >= 4 is 17.3 Å². The Balaban J connectivity index is 1.74. The van der Waals surface area contributed by atoms with Crippen molar-refractivity contribution in [2.75, 3.05) is 31.3 Å². The molecule has 2 rings (SSSR count). The molecule has 0 saturated heterocycles. The molecule has 0 aromatic heterocycles. The minimum atomic E-state index is 0.0390. The number of hydrogen-bond donors (Lipinski definition) is 2. The first-order valence-electron chi connectivity index (χ1n) is 7.47. The highest BCUT2D eigenvalue weighted by molar-refractivity contribution is 5.90. The Labute approximate surface area is 132 Å². The van der Waals surface area contributed by atoms with Crippen LogP contribution in [0, 0.1) is 0 Å². The van der Waals surface area contributed by atoms with Gasteiger partial charge in [0.25, 0.3) is 0 Å². The first-order chi connectivity index (χ1) is 10.7. The van der Waals surface area contributed by atoms with Gasteiger partial charge >= 0.3 is 0 Å². The van der Waals surface area contributed by atoms with Gasteiger partial charge in [0, 0.05) is 37.9 Å². The topological polar surface area (TPSA) is 44.4 Å². The van der Waals surface area contributed by atoms with Crippen molar-refractivity contribution in [3.8, 4) is 0 Å². The fourth-order valence-corrected chi connectivity index (χ4v) is 2.21. The van der Waals surface area contributed by atoms with E-state index in [9.17, 15) is 4.79 Å². The molecule has 4 heteroatoms. The van der Waals surface area contributed by atoms with Crippen molar-refractivity contribution in [3.63, 3.8) is 0 Å².